The number of nitrogens with one attached hydrogen (secondary N) is 1. The van der Waals surface area contributed by atoms with Crippen molar-refractivity contribution in [3.8, 4) is 5.75 Å². The van der Waals surface area contributed by atoms with Gasteiger partial charge in [-0.15, -0.1) is 11.3 Å². The van der Waals surface area contributed by atoms with Gasteiger partial charge in [-0.05, 0) is 35.9 Å². The third-order valence-electron chi connectivity index (χ3n) is 3.37. The zero-order valence-corrected chi connectivity index (χ0v) is 16.4. The maximum Gasteiger partial charge on any atom is 0.264 e. The van der Waals surface area contributed by atoms with Crippen molar-refractivity contribution >= 4 is 57.2 Å². The van der Waals surface area contributed by atoms with E-state index < -0.39 is 0 Å². The summed E-state index contributed by atoms with van der Waals surface area (Å²) in [5.74, 6) is 0.145. The quantitative estimate of drug-likeness (QED) is 0.548. The number of hydrogen-bond acceptors (Lipinski definition) is 4. The molecular weight excluding hydrogens is 415 g/mol. The first kappa shape index (κ1) is 19.0. The van der Waals surface area contributed by atoms with Crippen molar-refractivity contribution in [3.05, 3.63) is 74.2 Å². The Hall–Kier alpha value is -1.79. The summed E-state index contributed by atoms with van der Waals surface area (Å²) in [5, 5.41) is 4.92. The molecule has 1 aromatic heterocycles. The van der Waals surface area contributed by atoms with E-state index >= 15 is 0 Å². The molecule has 0 spiro atoms. The SMILES string of the molecule is O=C(COc1ccccc1Cl)Nc1ncc(Cc2cc(Cl)ccc2Cl)s1. The lowest BCUT2D eigenvalue weighted by atomic mass is 10.1. The lowest BCUT2D eigenvalue weighted by molar-refractivity contribution is -0.118. The van der Waals surface area contributed by atoms with Gasteiger partial charge in [-0.25, -0.2) is 4.98 Å². The minimum absolute atomic E-state index is 0.154. The predicted molar refractivity (Wildman–Crippen MR) is 107 cm³/mol. The highest BCUT2D eigenvalue weighted by Gasteiger charge is 2.10. The fourth-order valence-electron chi connectivity index (χ4n) is 2.17. The molecule has 134 valence electrons. The first-order valence-corrected chi connectivity index (χ1v) is 9.52. The van der Waals surface area contributed by atoms with E-state index in [1.165, 1.54) is 11.3 Å². The van der Waals surface area contributed by atoms with Crippen LogP contribution in [0.5, 0.6) is 5.75 Å². The van der Waals surface area contributed by atoms with Gasteiger partial charge < -0.3 is 4.74 Å². The van der Waals surface area contributed by atoms with E-state index in [0.29, 0.717) is 32.4 Å². The van der Waals surface area contributed by atoms with E-state index in [2.05, 4.69) is 10.3 Å². The number of amides is 1. The van der Waals surface area contributed by atoms with Crippen LogP contribution in [0.2, 0.25) is 15.1 Å². The van der Waals surface area contributed by atoms with Gasteiger partial charge in [0.05, 0.1) is 5.02 Å². The molecule has 0 fully saturated rings. The monoisotopic (exact) mass is 426 g/mol. The number of aromatic nitrogens is 1. The third kappa shape index (κ3) is 5.11. The van der Waals surface area contributed by atoms with Gasteiger partial charge >= 0.3 is 0 Å². The second kappa shape index (κ2) is 8.73. The fourth-order valence-corrected chi connectivity index (χ4v) is 3.60. The van der Waals surface area contributed by atoms with Gasteiger partial charge in [0.15, 0.2) is 11.7 Å². The summed E-state index contributed by atoms with van der Waals surface area (Å²) in [4.78, 5) is 17.2. The molecule has 0 unspecified atom stereocenters. The molecule has 4 nitrogen and oxygen atoms in total. The average molecular weight is 428 g/mol. The molecule has 3 aromatic rings. The molecule has 0 atom stereocenters. The molecule has 3 rings (SSSR count). The Kier molecular flexibility index (Phi) is 6.38. The smallest absolute Gasteiger partial charge is 0.264 e. The molecule has 2 aromatic carbocycles. The molecule has 1 heterocycles. The van der Waals surface area contributed by atoms with E-state index in [-0.39, 0.29) is 12.5 Å². The lowest BCUT2D eigenvalue weighted by Crippen LogP contribution is -2.20. The third-order valence-corrected chi connectivity index (χ3v) is 5.20. The highest BCUT2D eigenvalue weighted by atomic mass is 35.5. The summed E-state index contributed by atoms with van der Waals surface area (Å²) >= 11 is 19.5. The van der Waals surface area contributed by atoms with E-state index in [0.717, 1.165) is 10.4 Å². The highest BCUT2D eigenvalue weighted by Crippen LogP contribution is 2.27. The molecule has 0 aliphatic carbocycles. The number of thiazole rings is 1. The molecule has 0 bridgehead atoms. The number of nitrogens with zero attached hydrogens (tertiary/aromatic N) is 1. The number of rotatable bonds is 6. The van der Waals surface area contributed by atoms with Crippen LogP contribution in [-0.4, -0.2) is 17.5 Å². The Labute approximate surface area is 169 Å². The maximum absolute atomic E-state index is 12.0. The van der Waals surface area contributed by atoms with Crippen molar-refractivity contribution in [2.45, 2.75) is 6.42 Å². The molecule has 8 heteroatoms. The number of carbonyl (C=O) groups excluding carboxylic acids is 1. The van der Waals surface area contributed by atoms with E-state index in [1.807, 2.05) is 6.07 Å². The van der Waals surface area contributed by atoms with Crippen molar-refractivity contribution in [1.29, 1.82) is 0 Å². The molecule has 1 amide bonds. The molecule has 0 saturated carbocycles. The Bertz CT molecular complexity index is 930. The summed E-state index contributed by atoms with van der Waals surface area (Å²) in [5.41, 5.74) is 0.905. The summed E-state index contributed by atoms with van der Waals surface area (Å²) in [6.07, 6.45) is 2.29. The molecule has 0 saturated heterocycles. The summed E-state index contributed by atoms with van der Waals surface area (Å²) < 4.78 is 5.40. The van der Waals surface area contributed by atoms with Gasteiger partial charge in [-0.2, -0.15) is 0 Å². The van der Waals surface area contributed by atoms with Crippen LogP contribution < -0.4 is 10.1 Å². The van der Waals surface area contributed by atoms with Crippen molar-refractivity contribution < 1.29 is 9.53 Å². The second-order valence-corrected chi connectivity index (χ2v) is 7.68. The Morgan fingerprint density at radius 3 is 2.73 bits per heavy atom. The van der Waals surface area contributed by atoms with Crippen LogP contribution in [0.4, 0.5) is 5.13 Å². The largest absolute Gasteiger partial charge is 0.482 e. The minimum Gasteiger partial charge on any atom is -0.482 e. The number of anilines is 1. The van der Waals surface area contributed by atoms with Crippen molar-refractivity contribution in [2.24, 2.45) is 0 Å². The normalized spacial score (nSPS) is 10.6. The first-order chi connectivity index (χ1) is 12.5. The molecule has 26 heavy (non-hydrogen) atoms. The number of benzene rings is 2. The number of ether oxygens (including phenoxy) is 1. The van der Waals surface area contributed by atoms with E-state index in [4.69, 9.17) is 39.5 Å². The van der Waals surface area contributed by atoms with Crippen molar-refractivity contribution in [2.75, 3.05) is 11.9 Å². The van der Waals surface area contributed by atoms with Gasteiger partial charge in [0, 0.05) is 27.5 Å². The Morgan fingerprint density at radius 2 is 1.92 bits per heavy atom. The van der Waals surface area contributed by atoms with Gasteiger partial charge in [0.25, 0.3) is 5.91 Å². The highest BCUT2D eigenvalue weighted by molar-refractivity contribution is 7.15. The molecule has 0 aliphatic heterocycles. The van der Waals surface area contributed by atoms with Crippen LogP contribution in [0, 0.1) is 0 Å². The van der Waals surface area contributed by atoms with E-state index in [9.17, 15) is 4.79 Å². The number of para-hydroxylation sites is 1. The zero-order chi connectivity index (χ0) is 18.5. The molecule has 1 N–H and O–H groups in total. The molecule has 0 radical (unpaired) electrons. The van der Waals surface area contributed by atoms with Gasteiger partial charge in [0.1, 0.15) is 5.75 Å². The average Bonchev–Trinajstić information content (AvgIpc) is 3.04. The van der Waals surface area contributed by atoms with Crippen LogP contribution >= 0.6 is 46.1 Å². The van der Waals surface area contributed by atoms with E-state index in [1.54, 1.807) is 42.6 Å². The van der Waals surface area contributed by atoms with Crippen molar-refractivity contribution in [3.63, 3.8) is 0 Å². The predicted octanol–water partition coefficient (Wildman–Crippen LogP) is 5.71. The summed E-state index contributed by atoms with van der Waals surface area (Å²) in [7, 11) is 0. The number of halogens is 3. The summed E-state index contributed by atoms with van der Waals surface area (Å²) in [6, 6.07) is 12.3. The van der Waals surface area contributed by atoms with Crippen LogP contribution in [0.15, 0.2) is 48.7 Å². The fraction of sp³-hybridized carbons (Fsp3) is 0.111. The zero-order valence-electron chi connectivity index (χ0n) is 13.3. The van der Waals surface area contributed by atoms with Crippen LogP contribution in [-0.2, 0) is 11.2 Å². The van der Waals surface area contributed by atoms with Gasteiger partial charge in [-0.1, -0.05) is 46.9 Å². The Morgan fingerprint density at radius 1 is 1.12 bits per heavy atom. The van der Waals surface area contributed by atoms with Gasteiger partial charge in [-0.3, -0.25) is 10.1 Å². The van der Waals surface area contributed by atoms with Crippen LogP contribution in [0.1, 0.15) is 10.4 Å². The van der Waals surface area contributed by atoms with Gasteiger partial charge in [0.2, 0.25) is 0 Å². The number of hydrogen-bond donors (Lipinski definition) is 1. The topological polar surface area (TPSA) is 51.2 Å². The second-order valence-electron chi connectivity index (χ2n) is 5.31. The number of carbonyl (C=O) groups is 1. The first-order valence-electron chi connectivity index (χ1n) is 7.57. The van der Waals surface area contributed by atoms with Crippen LogP contribution in [0.3, 0.4) is 0 Å². The van der Waals surface area contributed by atoms with Crippen molar-refractivity contribution in [1.82, 2.24) is 4.98 Å². The summed E-state index contributed by atoms with van der Waals surface area (Å²) in [6.45, 7) is -0.154. The molecule has 0 aliphatic rings. The maximum atomic E-state index is 12.0. The minimum atomic E-state index is -0.313. The molecular formula is C18H13Cl3N2O2S. The Balaban J connectivity index is 1.57. The standard InChI is InChI=1S/C18H13Cl3N2O2S/c19-12-5-6-14(20)11(7-12)8-13-9-22-18(26-13)23-17(24)10-25-16-4-2-1-3-15(16)21/h1-7,9H,8,10H2,(H,22,23,24). The van der Waals surface area contributed by atoms with Crippen LogP contribution in [0.25, 0.3) is 0 Å². The lowest BCUT2D eigenvalue weighted by Gasteiger charge is -2.07.